The third kappa shape index (κ3) is 4.87. The molecule has 1 fully saturated rings. The van der Waals surface area contributed by atoms with Crippen molar-refractivity contribution < 1.29 is 9.47 Å². The van der Waals surface area contributed by atoms with Crippen molar-refractivity contribution in [2.75, 3.05) is 33.5 Å². The Morgan fingerprint density at radius 2 is 1.83 bits per heavy atom. The van der Waals surface area contributed by atoms with Crippen molar-refractivity contribution in [3.8, 4) is 0 Å². The first-order chi connectivity index (χ1) is 8.63. The van der Waals surface area contributed by atoms with E-state index in [1.54, 1.807) is 7.11 Å². The summed E-state index contributed by atoms with van der Waals surface area (Å²) in [6.45, 7) is 7.71. The van der Waals surface area contributed by atoms with E-state index in [1.807, 2.05) is 0 Å². The van der Waals surface area contributed by atoms with Crippen molar-refractivity contribution in [3.63, 3.8) is 0 Å². The lowest BCUT2D eigenvalue weighted by atomic mass is 9.66. The highest BCUT2D eigenvalue weighted by atomic mass is 16.5. The maximum absolute atomic E-state index is 6.02. The molecule has 0 radical (unpaired) electrons. The molecule has 2 N–H and O–H groups in total. The molecule has 0 amide bonds. The molecule has 0 aromatic heterocycles. The van der Waals surface area contributed by atoms with E-state index in [1.165, 1.54) is 25.7 Å². The fourth-order valence-corrected chi connectivity index (χ4v) is 3.01. The van der Waals surface area contributed by atoms with E-state index in [2.05, 4.69) is 13.8 Å². The lowest BCUT2D eigenvalue weighted by molar-refractivity contribution is 0.0360. The van der Waals surface area contributed by atoms with Gasteiger partial charge in [-0.3, -0.25) is 0 Å². The zero-order valence-electron chi connectivity index (χ0n) is 12.4. The minimum absolute atomic E-state index is 0.346. The topological polar surface area (TPSA) is 44.5 Å². The number of rotatable bonds is 8. The average Bonchev–Trinajstić information content (AvgIpc) is 2.39. The van der Waals surface area contributed by atoms with Crippen LogP contribution < -0.4 is 5.73 Å². The van der Waals surface area contributed by atoms with Crippen LogP contribution in [0.25, 0.3) is 0 Å². The highest BCUT2D eigenvalue weighted by Crippen LogP contribution is 2.42. The van der Waals surface area contributed by atoms with Crippen LogP contribution in [0, 0.1) is 17.3 Å². The smallest absolute Gasteiger partial charge is 0.0700 e. The maximum atomic E-state index is 6.02. The lowest BCUT2D eigenvalue weighted by Gasteiger charge is -2.40. The molecule has 1 saturated carbocycles. The van der Waals surface area contributed by atoms with Gasteiger partial charge in [-0.15, -0.1) is 0 Å². The van der Waals surface area contributed by atoms with Crippen molar-refractivity contribution in [2.45, 2.75) is 46.0 Å². The first-order valence-corrected chi connectivity index (χ1v) is 7.40. The van der Waals surface area contributed by atoms with Crippen LogP contribution in [0.15, 0.2) is 0 Å². The number of hydrogen-bond acceptors (Lipinski definition) is 3. The van der Waals surface area contributed by atoms with Crippen LogP contribution in [-0.2, 0) is 9.47 Å². The van der Waals surface area contributed by atoms with Gasteiger partial charge < -0.3 is 15.2 Å². The van der Waals surface area contributed by atoms with Gasteiger partial charge in [0.1, 0.15) is 0 Å². The van der Waals surface area contributed by atoms with Gasteiger partial charge in [-0.2, -0.15) is 0 Å². The Morgan fingerprint density at radius 3 is 2.33 bits per heavy atom. The molecule has 0 atom stereocenters. The van der Waals surface area contributed by atoms with E-state index in [0.717, 1.165) is 31.4 Å². The SMILES string of the molecule is COCCOCCC1(CN)CCC(C(C)C)CC1. The predicted octanol–water partition coefficient (Wildman–Crippen LogP) is 2.83. The minimum Gasteiger partial charge on any atom is -0.382 e. The third-order valence-electron chi connectivity index (χ3n) is 4.68. The van der Waals surface area contributed by atoms with Crippen LogP contribution in [-0.4, -0.2) is 33.5 Å². The summed E-state index contributed by atoms with van der Waals surface area (Å²) < 4.78 is 10.6. The van der Waals surface area contributed by atoms with Crippen LogP contribution >= 0.6 is 0 Å². The van der Waals surface area contributed by atoms with Gasteiger partial charge in [-0.05, 0) is 55.9 Å². The Kier molecular flexibility index (Phi) is 7.20. The molecule has 1 rings (SSSR count). The van der Waals surface area contributed by atoms with E-state index in [9.17, 15) is 0 Å². The van der Waals surface area contributed by atoms with Crippen molar-refractivity contribution >= 4 is 0 Å². The lowest BCUT2D eigenvalue weighted by Crippen LogP contribution is -2.37. The highest BCUT2D eigenvalue weighted by Gasteiger charge is 2.34. The molecule has 1 aliphatic rings. The zero-order chi connectivity index (χ0) is 13.4. The molecule has 0 aromatic rings. The summed E-state index contributed by atoms with van der Waals surface area (Å²) in [5.74, 6) is 1.72. The van der Waals surface area contributed by atoms with E-state index < -0.39 is 0 Å². The van der Waals surface area contributed by atoms with Gasteiger partial charge in [-0.25, -0.2) is 0 Å². The van der Waals surface area contributed by atoms with E-state index in [-0.39, 0.29) is 0 Å². The summed E-state index contributed by atoms with van der Waals surface area (Å²) in [6, 6.07) is 0. The zero-order valence-corrected chi connectivity index (χ0v) is 12.4. The molecule has 0 bridgehead atoms. The molecule has 0 unspecified atom stereocenters. The summed E-state index contributed by atoms with van der Waals surface area (Å²) >= 11 is 0. The molecule has 1 aliphatic carbocycles. The molecular formula is C15H31NO2. The molecule has 18 heavy (non-hydrogen) atoms. The molecule has 0 heterocycles. The number of hydrogen-bond donors (Lipinski definition) is 1. The second-order valence-corrected chi connectivity index (χ2v) is 6.14. The normalized spacial score (nSPS) is 28.8. The summed E-state index contributed by atoms with van der Waals surface area (Å²) in [5.41, 5.74) is 6.37. The third-order valence-corrected chi connectivity index (χ3v) is 4.68. The summed E-state index contributed by atoms with van der Waals surface area (Å²) in [7, 11) is 1.71. The highest BCUT2D eigenvalue weighted by molar-refractivity contribution is 4.87. The van der Waals surface area contributed by atoms with Gasteiger partial charge in [0, 0.05) is 13.7 Å². The second-order valence-electron chi connectivity index (χ2n) is 6.14. The molecule has 0 aliphatic heterocycles. The molecular weight excluding hydrogens is 226 g/mol. The summed E-state index contributed by atoms with van der Waals surface area (Å²) in [6.07, 6.45) is 6.35. The number of methoxy groups -OCH3 is 1. The molecule has 0 saturated heterocycles. The fraction of sp³-hybridized carbons (Fsp3) is 1.00. The summed E-state index contributed by atoms with van der Waals surface area (Å²) in [5, 5.41) is 0. The summed E-state index contributed by atoms with van der Waals surface area (Å²) in [4.78, 5) is 0. The van der Waals surface area contributed by atoms with Crippen molar-refractivity contribution in [3.05, 3.63) is 0 Å². The first-order valence-electron chi connectivity index (χ1n) is 7.40. The van der Waals surface area contributed by atoms with Crippen LogP contribution in [0.2, 0.25) is 0 Å². The van der Waals surface area contributed by atoms with Gasteiger partial charge >= 0.3 is 0 Å². The van der Waals surface area contributed by atoms with Crippen LogP contribution in [0.4, 0.5) is 0 Å². The maximum Gasteiger partial charge on any atom is 0.0700 e. The molecule has 0 spiro atoms. The average molecular weight is 257 g/mol. The Balaban J connectivity index is 2.27. The largest absolute Gasteiger partial charge is 0.382 e. The van der Waals surface area contributed by atoms with Crippen LogP contribution in [0.3, 0.4) is 0 Å². The number of nitrogens with two attached hydrogens (primary N) is 1. The van der Waals surface area contributed by atoms with Gasteiger partial charge in [0.15, 0.2) is 0 Å². The first kappa shape index (κ1) is 15.9. The van der Waals surface area contributed by atoms with Gasteiger partial charge in [0.2, 0.25) is 0 Å². The van der Waals surface area contributed by atoms with Crippen LogP contribution in [0.1, 0.15) is 46.0 Å². The monoisotopic (exact) mass is 257 g/mol. The van der Waals surface area contributed by atoms with E-state index in [0.29, 0.717) is 18.6 Å². The van der Waals surface area contributed by atoms with Crippen LogP contribution in [0.5, 0.6) is 0 Å². The second kappa shape index (κ2) is 8.13. The van der Waals surface area contributed by atoms with Gasteiger partial charge in [0.05, 0.1) is 13.2 Å². The molecule has 0 aromatic carbocycles. The number of ether oxygens (including phenoxy) is 2. The standard InChI is InChI=1S/C15H31NO2/c1-13(2)14-4-6-15(12-16,7-5-14)8-9-18-11-10-17-3/h13-14H,4-12,16H2,1-3H3. The van der Waals surface area contributed by atoms with Crippen molar-refractivity contribution in [2.24, 2.45) is 23.0 Å². The Bertz CT molecular complexity index is 211. The predicted molar refractivity (Wildman–Crippen MR) is 75.6 cm³/mol. The Labute approximate surface area is 112 Å². The Morgan fingerprint density at radius 1 is 1.17 bits per heavy atom. The van der Waals surface area contributed by atoms with E-state index in [4.69, 9.17) is 15.2 Å². The molecule has 108 valence electrons. The quantitative estimate of drug-likeness (QED) is 0.680. The van der Waals surface area contributed by atoms with Gasteiger partial charge in [0.25, 0.3) is 0 Å². The van der Waals surface area contributed by atoms with Crippen molar-refractivity contribution in [1.82, 2.24) is 0 Å². The Hall–Kier alpha value is -0.120. The minimum atomic E-state index is 0.346. The van der Waals surface area contributed by atoms with E-state index >= 15 is 0 Å². The van der Waals surface area contributed by atoms with Gasteiger partial charge in [-0.1, -0.05) is 13.8 Å². The molecule has 3 heteroatoms. The van der Waals surface area contributed by atoms with Crippen molar-refractivity contribution in [1.29, 1.82) is 0 Å². The molecule has 3 nitrogen and oxygen atoms in total. The fourth-order valence-electron chi connectivity index (χ4n) is 3.01.